The third-order valence-electron chi connectivity index (χ3n) is 3.91. The van der Waals surface area contributed by atoms with E-state index in [2.05, 4.69) is 10.3 Å². The van der Waals surface area contributed by atoms with Gasteiger partial charge in [-0.3, -0.25) is 5.32 Å². The number of likely N-dealkylation sites (N-methyl/N-ethyl adjacent to an activating group) is 1. The molecule has 1 aromatic heterocycles. The fourth-order valence-corrected chi connectivity index (χ4v) is 3.08. The van der Waals surface area contributed by atoms with Gasteiger partial charge >= 0.3 is 6.03 Å². The lowest BCUT2D eigenvalue weighted by molar-refractivity contribution is 0.207. The van der Waals surface area contributed by atoms with E-state index in [0.29, 0.717) is 18.3 Å². The number of carbonyl (C=O) groups is 1. The Kier molecular flexibility index (Phi) is 5.86. The van der Waals surface area contributed by atoms with Gasteiger partial charge in [-0.2, -0.15) is 0 Å². The molecule has 0 aliphatic carbocycles. The van der Waals surface area contributed by atoms with Crippen molar-refractivity contribution in [3.8, 4) is 17.0 Å². The first-order chi connectivity index (χ1) is 12.6. The quantitative estimate of drug-likeness (QED) is 0.689. The Balaban J connectivity index is 1.50. The minimum Gasteiger partial charge on any atom is -0.491 e. The summed E-state index contributed by atoms with van der Waals surface area (Å²) in [6.45, 7) is 2.91. The van der Waals surface area contributed by atoms with Gasteiger partial charge in [-0.25, -0.2) is 9.78 Å². The van der Waals surface area contributed by atoms with Crippen LogP contribution in [0.1, 0.15) is 5.56 Å². The number of hydrogen-bond donors (Lipinski definition) is 1. The molecule has 0 radical (unpaired) electrons. The smallest absolute Gasteiger partial charge is 0.323 e. The van der Waals surface area contributed by atoms with Crippen LogP contribution in [0, 0.1) is 6.92 Å². The lowest BCUT2D eigenvalue weighted by atomic mass is 10.2. The summed E-state index contributed by atoms with van der Waals surface area (Å²) < 4.78 is 5.74. The highest BCUT2D eigenvalue weighted by atomic mass is 32.1. The van der Waals surface area contributed by atoms with E-state index in [1.807, 2.05) is 66.9 Å². The van der Waals surface area contributed by atoms with E-state index in [-0.39, 0.29) is 6.03 Å². The Morgan fingerprint density at radius 2 is 1.88 bits per heavy atom. The van der Waals surface area contributed by atoms with Gasteiger partial charge in [0.05, 0.1) is 12.2 Å². The molecule has 3 rings (SSSR count). The summed E-state index contributed by atoms with van der Waals surface area (Å²) in [6, 6.07) is 17.5. The van der Waals surface area contributed by atoms with Crippen LogP contribution < -0.4 is 10.1 Å². The molecule has 3 aromatic rings. The second-order valence-electron chi connectivity index (χ2n) is 5.87. The number of thiazole rings is 1. The third-order valence-corrected chi connectivity index (χ3v) is 4.67. The summed E-state index contributed by atoms with van der Waals surface area (Å²) in [5, 5.41) is 5.35. The molecule has 0 spiro atoms. The SMILES string of the molecule is Cc1ccccc1OCCN(C)C(=O)Nc1nc(-c2ccccc2)cs1. The molecule has 26 heavy (non-hydrogen) atoms. The number of aromatic nitrogens is 1. The van der Waals surface area contributed by atoms with Crippen LogP contribution in [0.25, 0.3) is 11.3 Å². The fourth-order valence-electron chi connectivity index (χ4n) is 2.37. The largest absolute Gasteiger partial charge is 0.491 e. The molecule has 0 aliphatic rings. The van der Waals surface area contributed by atoms with Gasteiger partial charge in [0.25, 0.3) is 0 Å². The molecule has 0 aliphatic heterocycles. The highest BCUT2D eigenvalue weighted by Crippen LogP contribution is 2.24. The van der Waals surface area contributed by atoms with Gasteiger partial charge in [-0.15, -0.1) is 11.3 Å². The van der Waals surface area contributed by atoms with Gasteiger partial charge in [0.15, 0.2) is 5.13 Å². The molecule has 1 heterocycles. The van der Waals surface area contributed by atoms with E-state index in [0.717, 1.165) is 22.6 Å². The third kappa shape index (κ3) is 4.61. The highest BCUT2D eigenvalue weighted by Gasteiger charge is 2.12. The summed E-state index contributed by atoms with van der Waals surface area (Å²) in [7, 11) is 1.74. The second kappa shape index (κ2) is 8.49. The van der Waals surface area contributed by atoms with Gasteiger partial charge in [0.2, 0.25) is 0 Å². The number of benzene rings is 2. The van der Waals surface area contributed by atoms with E-state index < -0.39 is 0 Å². The predicted molar refractivity (Wildman–Crippen MR) is 106 cm³/mol. The number of urea groups is 1. The summed E-state index contributed by atoms with van der Waals surface area (Å²) in [4.78, 5) is 18.3. The van der Waals surface area contributed by atoms with E-state index in [1.54, 1.807) is 11.9 Å². The first-order valence-corrected chi connectivity index (χ1v) is 9.23. The van der Waals surface area contributed by atoms with E-state index >= 15 is 0 Å². The maximum atomic E-state index is 12.3. The first-order valence-electron chi connectivity index (χ1n) is 8.35. The molecule has 0 saturated heterocycles. The summed E-state index contributed by atoms with van der Waals surface area (Å²) in [5.41, 5.74) is 2.97. The summed E-state index contributed by atoms with van der Waals surface area (Å²) in [6.07, 6.45) is 0. The zero-order valence-electron chi connectivity index (χ0n) is 14.8. The van der Waals surface area contributed by atoms with Crippen molar-refractivity contribution in [1.29, 1.82) is 0 Å². The van der Waals surface area contributed by atoms with Crippen molar-refractivity contribution in [3.63, 3.8) is 0 Å². The van der Waals surface area contributed by atoms with Crippen molar-refractivity contribution in [2.75, 3.05) is 25.5 Å². The number of hydrogen-bond acceptors (Lipinski definition) is 4. The van der Waals surface area contributed by atoms with Crippen LogP contribution in [0.3, 0.4) is 0 Å². The molecular weight excluding hydrogens is 346 g/mol. The van der Waals surface area contributed by atoms with Crippen molar-refractivity contribution in [3.05, 3.63) is 65.5 Å². The normalized spacial score (nSPS) is 10.4. The zero-order chi connectivity index (χ0) is 18.4. The predicted octanol–water partition coefficient (Wildman–Crippen LogP) is 4.66. The van der Waals surface area contributed by atoms with Crippen LogP contribution in [0.2, 0.25) is 0 Å². The number of aryl methyl sites for hydroxylation is 1. The molecule has 2 amide bonds. The van der Waals surface area contributed by atoms with E-state index in [1.165, 1.54) is 11.3 Å². The maximum Gasteiger partial charge on any atom is 0.323 e. The molecule has 134 valence electrons. The van der Waals surface area contributed by atoms with Gasteiger partial charge in [0, 0.05) is 18.0 Å². The zero-order valence-corrected chi connectivity index (χ0v) is 15.6. The molecular formula is C20H21N3O2S. The number of ether oxygens (including phenoxy) is 1. The van der Waals surface area contributed by atoms with Gasteiger partial charge in [-0.1, -0.05) is 48.5 Å². The summed E-state index contributed by atoms with van der Waals surface area (Å²) in [5.74, 6) is 0.841. The van der Waals surface area contributed by atoms with Crippen LogP contribution in [0.15, 0.2) is 60.0 Å². The number of anilines is 1. The van der Waals surface area contributed by atoms with Gasteiger partial charge in [-0.05, 0) is 18.6 Å². The Morgan fingerprint density at radius 1 is 1.15 bits per heavy atom. The van der Waals surface area contributed by atoms with Crippen LogP contribution in [0.5, 0.6) is 5.75 Å². The molecule has 0 fully saturated rings. The van der Waals surface area contributed by atoms with Crippen molar-refractivity contribution in [2.24, 2.45) is 0 Å². The highest BCUT2D eigenvalue weighted by molar-refractivity contribution is 7.14. The molecule has 0 saturated carbocycles. The monoisotopic (exact) mass is 367 g/mol. The summed E-state index contributed by atoms with van der Waals surface area (Å²) >= 11 is 1.41. The standard InChI is InChI=1S/C20H21N3O2S/c1-15-8-6-7-11-18(15)25-13-12-23(2)20(24)22-19-21-17(14-26-19)16-9-4-3-5-10-16/h3-11,14H,12-13H2,1-2H3,(H,21,22,24). The Labute approximate surface area is 157 Å². The average Bonchev–Trinajstić information content (AvgIpc) is 3.12. The number of para-hydroxylation sites is 1. The first kappa shape index (κ1) is 17.9. The van der Waals surface area contributed by atoms with E-state index in [9.17, 15) is 4.79 Å². The minimum atomic E-state index is -0.202. The Bertz CT molecular complexity index is 864. The van der Waals surface area contributed by atoms with Gasteiger partial charge in [0.1, 0.15) is 12.4 Å². The molecule has 0 bridgehead atoms. The molecule has 0 unspecified atom stereocenters. The average molecular weight is 367 g/mol. The minimum absolute atomic E-state index is 0.202. The van der Waals surface area contributed by atoms with Crippen molar-refractivity contribution < 1.29 is 9.53 Å². The topological polar surface area (TPSA) is 54.5 Å². The second-order valence-corrected chi connectivity index (χ2v) is 6.73. The Morgan fingerprint density at radius 3 is 2.65 bits per heavy atom. The fraction of sp³-hybridized carbons (Fsp3) is 0.200. The van der Waals surface area contributed by atoms with Crippen molar-refractivity contribution in [1.82, 2.24) is 9.88 Å². The van der Waals surface area contributed by atoms with E-state index in [4.69, 9.17) is 4.74 Å². The van der Waals surface area contributed by atoms with Crippen LogP contribution in [-0.2, 0) is 0 Å². The maximum absolute atomic E-state index is 12.3. The van der Waals surface area contributed by atoms with Crippen LogP contribution >= 0.6 is 11.3 Å². The number of rotatable bonds is 6. The molecule has 5 nitrogen and oxygen atoms in total. The Hall–Kier alpha value is -2.86. The molecule has 6 heteroatoms. The van der Waals surface area contributed by atoms with Crippen LogP contribution in [0.4, 0.5) is 9.93 Å². The van der Waals surface area contributed by atoms with Crippen LogP contribution in [-0.4, -0.2) is 36.1 Å². The number of nitrogens with zero attached hydrogens (tertiary/aromatic N) is 2. The molecule has 1 N–H and O–H groups in total. The molecule has 0 atom stereocenters. The number of amides is 2. The lowest BCUT2D eigenvalue weighted by Gasteiger charge is -2.17. The number of nitrogens with one attached hydrogen (secondary N) is 1. The molecule has 2 aromatic carbocycles. The van der Waals surface area contributed by atoms with Crippen molar-refractivity contribution in [2.45, 2.75) is 6.92 Å². The lowest BCUT2D eigenvalue weighted by Crippen LogP contribution is -2.34. The number of carbonyl (C=O) groups excluding carboxylic acids is 1. The van der Waals surface area contributed by atoms with Gasteiger partial charge < -0.3 is 9.64 Å². The van der Waals surface area contributed by atoms with Crippen molar-refractivity contribution >= 4 is 22.5 Å².